The van der Waals surface area contributed by atoms with Gasteiger partial charge < -0.3 is 20.4 Å². The Morgan fingerprint density at radius 2 is 1.87 bits per heavy atom. The summed E-state index contributed by atoms with van der Waals surface area (Å²) in [4.78, 5) is 30.5. The number of carbonyl (C=O) groups is 2. The average molecular weight is 551 g/mol. The van der Waals surface area contributed by atoms with Crippen LogP contribution in [0.15, 0.2) is 71.3 Å². The number of nitrogen functional groups attached to an aromatic ring is 1. The number of hydrogen-bond acceptors (Lipinski definition) is 5. The maximum absolute atomic E-state index is 13.5. The minimum atomic E-state index is -2.71. The minimum Gasteiger partial charge on any atom is -0.459 e. The first-order valence-electron chi connectivity index (χ1n) is 12.3. The van der Waals surface area contributed by atoms with Crippen LogP contribution >= 0.6 is 11.6 Å². The molecule has 0 unspecified atom stereocenters. The second-order valence-corrected chi connectivity index (χ2v) is 9.78. The largest absolute Gasteiger partial charge is 0.459 e. The van der Waals surface area contributed by atoms with E-state index in [-0.39, 0.29) is 44.3 Å². The molecule has 1 aliphatic heterocycles. The van der Waals surface area contributed by atoms with Crippen molar-refractivity contribution in [1.29, 1.82) is 0 Å². The molecule has 10 heteroatoms. The zero-order valence-electron chi connectivity index (χ0n) is 20.8. The number of nitrogens with two attached hydrogens (primary N) is 1. The monoisotopic (exact) mass is 550 g/mol. The molecule has 0 aliphatic carbocycles. The van der Waals surface area contributed by atoms with Gasteiger partial charge in [0.25, 0.3) is 11.8 Å². The highest BCUT2D eigenvalue weighted by Gasteiger charge is 2.35. The van der Waals surface area contributed by atoms with Gasteiger partial charge in [-0.3, -0.25) is 9.59 Å². The smallest absolute Gasteiger partial charge is 0.253 e. The minimum absolute atomic E-state index is 0.0290. The Morgan fingerprint density at radius 1 is 1.08 bits per heavy atom. The van der Waals surface area contributed by atoms with Gasteiger partial charge in [0, 0.05) is 49.3 Å². The SMILES string of the molecule is Nc1ccc(/C=C/C(=O)NCc2ccc(-c3cc4ccc(C(=O)N5CCC(F)(F)CC5)cc4cc3Cl)o2)cn1. The van der Waals surface area contributed by atoms with Gasteiger partial charge in [0.2, 0.25) is 5.91 Å². The van der Waals surface area contributed by atoms with E-state index in [1.54, 1.807) is 60.8 Å². The van der Waals surface area contributed by atoms with E-state index in [0.29, 0.717) is 33.5 Å². The van der Waals surface area contributed by atoms with Crippen LogP contribution in [0.4, 0.5) is 14.6 Å². The van der Waals surface area contributed by atoms with E-state index in [9.17, 15) is 18.4 Å². The number of nitrogens with one attached hydrogen (secondary N) is 1. The number of hydrogen-bond donors (Lipinski definition) is 2. The third-order valence-corrected chi connectivity index (χ3v) is 6.87. The first-order valence-corrected chi connectivity index (χ1v) is 12.7. The van der Waals surface area contributed by atoms with Gasteiger partial charge in [0.1, 0.15) is 17.3 Å². The van der Waals surface area contributed by atoms with Crippen LogP contribution in [0, 0.1) is 0 Å². The predicted molar refractivity (Wildman–Crippen MR) is 146 cm³/mol. The zero-order valence-corrected chi connectivity index (χ0v) is 21.6. The summed E-state index contributed by atoms with van der Waals surface area (Å²) >= 11 is 6.57. The van der Waals surface area contributed by atoms with Crippen molar-refractivity contribution in [3.05, 3.63) is 88.8 Å². The van der Waals surface area contributed by atoms with Gasteiger partial charge in [0.05, 0.1) is 11.6 Å². The highest BCUT2D eigenvalue weighted by Crippen LogP contribution is 2.34. The van der Waals surface area contributed by atoms with E-state index in [4.69, 9.17) is 21.8 Å². The third kappa shape index (κ3) is 6.26. The van der Waals surface area contributed by atoms with Crippen molar-refractivity contribution >= 4 is 46.1 Å². The van der Waals surface area contributed by atoms with E-state index in [0.717, 1.165) is 16.3 Å². The molecule has 2 amide bonds. The molecule has 0 radical (unpaired) electrons. The number of piperidine rings is 1. The summed E-state index contributed by atoms with van der Waals surface area (Å²) in [6, 6.07) is 15.8. The Kier molecular flexibility index (Phi) is 7.34. The number of alkyl halides is 2. The van der Waals surface area contributed by atoms with Crippen molar-refractivity contribution in [2.75, 3.05) is 18.8 Å². The number of amides is 2. The summed E-state index contributed by atoms with van der Waals surface area (Å²) in [5.41, 5.74) is 7.39. The Bertz CT molecular complexity index is 1560. The Hall–Kier alpha value is -4.24. The molecule has 200 valence electrons. The number of nitrogens with zero attached hydrogens (tertiary/aromatic N) is 2. The van der Waals surface area contributed by atoms with Crippen molar-refractivity contribution < 1.29 is 22.8 Å². The van der Waals surface area contributed by atoms with Crippen LogP contribution in [-0.4, -0.2) is 40.7 Å². The normalized spacial score (nSPS) is 15.1. The number of carbonyl (C=O) groups excluding carboxylic acids is 2. The number of fused-ring (bicyclic) bond motifs is 1. The molecule has 2 aromatic heterocycles. The fourth-order valence-corrected chi connectivity index (χ4v) is 4.61. The average Bonchev–Trinajstić information content (AvgIpc) is 3.39. The summed E-state index contributed by atoms with van der Waals surface area (Å²) in [7, 11) is 0. The van der Waals surface area contributed by atoms with Crippen LogP contribution in [0.1, 0.15) is 34.5 Å². The number of furan rings is 1. The van der Waals surface area contributed by atoms with E-state index >= 15 is 0 Å². The molecule has 7 nitrogen and oxygen atoms in total. The fraction of sp³-hybridized carbons (Fsp3) is 0.207. The Balaban J connectivity index is 1.25. The van der Waals surface area contributed by atoms with Gasteiger partial charge in [0.15, 0.2) is 0 Å². The maximum Gasteiger partial charge on any atom is 0.253 e. The van der Waals surface area contributed by atoms with Crippen LogP contribution in [0.5, 0.6) is 0 Å². The van der Waals surface area contributed by atoms with Crippen LogP contribution in [0.25, 0.3) is 28.2 Å². The fourth-order valence-electron chi connectivity index (χ4n) is 4.35. The first kappa shape index (κ1) is 26.4. The molecule has 39 heavy (non-hydrogen) atoms. The molecule has 5 rings (SSSR count). The predicted octanol–water partition coefficient (Wildman–Crippen LogP) is 5.93. The van der Waals surface area contributed by atoms with Crippen molar-refractivity contribution in [2.24, 2.45) is 0 Å². The number of rotatable bonds is 6. The van der Waals surface area contributed by atoms with Crippen LogP contribution in [0.3, 0.4) is 0 Å². The van der Waals surface area contributed by atoms with Crippen LogP contribution in [0.2, 0.25) is 5.02 Å². The molecule has 4 aromatic rings. The molecule has 3 heterocycles. The number of aromatic nitrogens is 1. The van der Waals surface area contributed by atoms with Gasteiger partial charge in [-0.05, 0) is 70.9 Å². The number of anilines is 1. The summed E-state index contributed by atoms with van der Waals surface area (Å²) in [5.74, 6) is -1.80. The van der Waals surface area contributed by atoms with Crippen molar-refractivity contribution in [2.45, 2.75) is 25.3 Å². The second-order valence-electron chi connectivity index (χ2n) is 9.38. The lowest BCUT2D eigenvalue weighted by Gasteiger charge is -2.31. The molecule has 1 aliphatic rings. The number of halogens is 3. The molecule has 2 aromatic carbocycles. The van der Waals surface area contributed by atoms with Gasteiger partial charge in [-0.2, -0.15) is 0 Å². The van der Waals surface area contributed by atoms with Crippen molar-refractivity contribution in [3.63, 3.8) is 0 Å². The van der Waals surface area contributed by atoms with Crippen LogP contribution in [-0.2, 0) is 11.3 Å². The molecule has 0 bridgehead atoms. The van der Waals surface area contributed by atoms with E-state index in [2.05, 4.69) is 10.3 Å². The maximum atomic E-state index is 13.5. The lowest BCUT2D eigenvalue weighted by Crippen LogP contribution is -2.42. The van der Waals surface area contributed by atoms with Crippen LogP contribution < -0.4 is 11.1 Å². The van der Waals surface area contributed by atoms with Gasteiger partial charge in [-0.15, -0.1) is 0 Å². The molecule has 1 saturated heterocycles. The first-order chi connectivity index (χ1) is 18.7. The number of likely N-dealkylation sites (tertiary alicyclic amines) is 1. The van der Waals surface area contributed by atoms with Crippen molar-refractivity contribution in [1.82, 2.24) is 15.2 Å². The summed E-state index contributed by atoms with van der Waals surface area (Å²) in [5, 5.41) is 4.78. The summed E-state index contributed by atoms with van der Waals surface area (Å²) in [6.45, 7) is 0.241. The summed E-state index contributed by atoms with van der Waals surface area (Å²) < 4.78 is 32.8. The molecule has 0 saturated carbocycles. The molecule has 1 fully saturated rings. The van der Waals surface area contributed by atoms with Gasteiger partial charge in [-0.25, -0.2) is 13.8 Å². The molecule has 0 spiro atoms. The highest BCUT2D eigenvalue weighted by atomic mass is 35.5. The van der Waals surface area contributed by atoms with E-state index in [1.165, 1.54) is 11.0 Å². The van der Waals surface area contributed by atoms with Crippen molar-refractivity contribution in [3.8, 4) is 11.3 Å². The molecular formula is C29H25ClF2N4O3. The second kappa shape index (κ2) is 10.9. The lowest BCUT2D eigenvalue weighted by atomic mass is 10.0. The number of benzene rings is 2. The molecule has 0 atom stereocenters. The highest BCUT2D eigenvalue weighted by molar-refractivity contribution is 6.34. The summed E-state index contributed by atoms with van der Waals surface area (Å²) in [6.07, 6.45) is 3.95. The molecular weight excluding hydrogens is 526 g/mol. The molecule has 3 N–H and O–H groups in total. The lowest BCUT2D eigenvalue weighted by molar-refractivity contribution is -0.116. The van der Waals surface area contributed by atoms with E-state index < -0.39 is 5.92 Å². The quantitative estimate of drug-likeness (QED) is 0.290. The number of pyridine rings is 1. The van der Waals surface area contributed by atoms with E-state index in [1.807, 2.05) is 6.07 Å². The topological polar surface area (TPSA) is 101 Å². The Morgan fingerprint density at radius 3 is 2.62 bits per heavy atom. The zero-order chi connectivity index (χ0) is 27.6. The third-order valence-electron chi connectivity index (χ3n) is 6.56. The standard InChI is InChI=1S/C29H25ClF2N4O3/c30-24-15-21-13-20(28(38)36-11-9-29(31,32)10-12-36)4-3-19(21)14-23(24)25-6-5-22(39-25)17-35-27(37)8-2-18-1-7-26(33)34-16-18/h1-8,13-16H,9-12,17H2,(H2,33,34)(H,35,37)/b8-2+. The van der Waals surface area contributed by atoms with Gasteiger partial charge >= 0.3 is 0 Å². The van der Waals surface area contributed by atoms with Gasteiger partial charge in [-0.1, -0.05) is 17.7 Å². The Labute approximate surface area is 228 Å².